The number of carbonyl (C=O) groups is 2. The Kier molecular flexibility index (Phi) is 10.2. The first-order valence-electron chi connectivity index (χ1n) is 11.6. The summed E-state index contributed by atoms with van der Waals surface area (Å²) >= 11 is 1.45. The minimum atomic E-state index is -0.664. The molecule has 35 heavy (non-hydrogen) atoms. The lowest BCUT2D eigenvalue weighted by molar-refractivity contribution is -0.139. The molecule has 5 nitrogen and oxygen atoms in total. The summed E-state index contributed by atoms with van der Waals surface area (Å²) in [5, 5.41) is 2.90. The third kappa shape index (κ3) is 8.14. The summed E-state index contributed by atoms with van der Waals surface area (Å²) < 4.78 is 18.5. The van der Waals surface area contributed by atoms with Gasteiger partial charge in [-0.05, 0) is 47.9 Å². The first-order valence-corrected chi connectivity index (χ1v) is 12.7. The zero-order valence-corrected chi connectivity index (χ0v) is 20.9. The third-order valence-electron chi connectivity index (χ3n) is 5.52. The molecule has 3 rings (SSSR count). The Balaban J connectivity index is 1.83. The highest BCUT2D eigenvalue weighted by atomic mass is 32.2. The molecule has 1 unspecified atom stereocenters. The van der Waals surface area contributed by atoms with Gasteiger partial charge in [0.15, 0.2) is 0 Å². The average Bonchev–Trinajstić information content (AvgIpc) is 2.88. The quantitative estimate of drug-likeness (QED) is 0.391. The maximum atomic E-state index is 13.5. The molecule has 3 aromatic carbocycles. The van der Waals surface area contributed by atoms with Gasteiger partial charge in [-0.1, -0.05) is 54.6 Å². The Bertz CT molecular complexity index is 1090. The van der Waals surface area contributed by atoms with Gasteiger partial charge in [-0.2, -0.15) is 0 Å². The monoisotopic (exact) mass is 494 g/mol. The molecule has 0 aromatic heterocycles. The highest BCUT2D eigenvalue weighted by Crippen LogP contribution is 2.20. The molecule has 0 fully saturated rings. The molecule has 0 bridgehead atoms. The van der Waals surface area contributed by atoms with E-state index >= 15 is 0 Å². The van der Waals surface area contributed by atoms with Crippen LogP contribution in [0.5, 0.6) is 5.75 Å². The Hall–Kier alpha value is -3.32. The summed E-state index contributed by atoms with van der Waals surface area (Å²) in [6.45, 7) is 2.62. The Labute approximate surface area is 210 Å². The second kappa shape index (κ2) is 13.5. The smallest absolute Gasteiger partial charge is 0.243 e. The highest BCUT2D eigenvalue weighted by Gasteiger charge is 2.30. The molecule has 0 radical (unpaired) electrons. The molecule has 3 aromatic rings. The van der Waals surface area contributed by atoms with Crippen molar-refractivity contribution >= 4 is 23.6 Å². The molecule has 0 heterocycles. The van der Waals surface area contributed by atoms with Crippen LogP contribution in [0.15, 0.2) is 78.9 Å². The number of nitrogens with one attached hydrogen (secondary N) is 1. The first-order chi connectivity index (χ1) is 17.0. The fourth-order valence-electron chi connectivity index (χ4n) is 3.73. The predicted octanol–water partition coefficient (Wildman–Crippen LogP) is 4.84. The van der Waals surface area contributed by atoms with Crippen LogP contribution >= 0.6 is 11.8 Å². The van der Waals surface area contributed by atoms with E-state index in [2.05, 4.69) is 5.32 Å². The van der Waals surface area contributed by atoms with Crippen LogP contribution in [-0.2, 0) is 28.3 Å². The van der Waals surface area contributed by atoms with Crippen molar-refractivity contribution in [3.63, 3.8) is 0 Å². The van der Waals surface area contributed by atoms with Crippen molar-refractivity contribution in [1.82, 2.24) is 10.2 Å². The van der Waals surface area contributed by atoms with Crippen molar-refractivity contribution in [3.8, 4) is 5.75 Å². The molecule has 0 saturated heterocycles. The zero-order chi connectivity index (χ0) is 25.0. The average molecular weight is 495 g/mol. The van der Waals surface area contributed by atoms with E-state index in [4.69, 9.17) is 4.74 Å². The van der Waals surface area contributed by atoms with Gasteiger partial charge in [0.25, 0.3) is 0 Å². The lowest BCUT2D eigenvalue weighted by Crippen LogP contribution is -2.51. The molecule has 2 amide bonds. The molecule has 184 valence electrons. The second-order valence-corrected chi connectivity index (χ2v) is 9.08. The second-order valence-electron chi connectivity index (χ2n) is 8.09. The van der Waals surface area contributed by atoms with Gasteiger partial charge < -0.3 is 15.0 Å². The fraction of sp³-hybridized carbons (Fsp3) is 0.286. The number of halogens is 1. The van der Waals surface area contributed by atoms with Crippen LogP contribution in [0.4, 0.5) is 4.39 Å². The molecular formula is C28H31FN2O3S. The molecule has 0 aliphatic rings. The van der Waals surface area contributed by atoms with Crippen LogP contribution in [0.25, 0.3) is 0 Å². The van der Waals surface area contributed by atoms with Gasteiger partial charge in [-0.25, -0.2) is 4.39 Å². The molecule has 0 aliphatic carbocycles. The van der Waals surface area contributed by atoms with Gasteiger partial charge in [-0.3, -0.25) is 9.59 Å². The van der Waals surface area contributed by atoms with Crippen molar-refractivity contribution < 1.29 is 18.7 Å². The van der Waals surface area contributed by atoms with E-state index in [9.17, 15) is 14.0 Å². The van der Waals surface area contributed by atoms with Crippen LogP contribution < -0.4 is 10.1 Å². The number of hydrogen-bond donors (Lipinski definition) is 1. The van der Waals surface area contributed by atoms with E-state index in [-0.39, 0.29) is 29.9 Å². The van der Waals surface area contributed by atoms with E-state index in [1.807, 2.05) is 61.5 Å². The molecule has 0 aliphatic heterocycles. The van der Waals surface area contributed by atoms with Crippen LogP contribution in [0, 0.1) is 5.82 Å². The number of thioether (sulfide) groups is 1. The van der Waals surface area contributed by atoms with Gasteiger partial charge in [-0.15, -0.1) is 11.8 Å². The Morgan fingerprint density at radius 3 is 2.37 bits per heavy atom. The third-order valence-corrected chi connectivity index (χ3v) is 6.51. The summed E-state index contributed by atoms with van der Waals surface area (Å²) in [4.78, 5) is 28.3. The molecule has 0 saturated carbocycles. The summed E-state index contributed by atoms with van der Waals surface area (Å²) in [5.74, 6) is 0.863. The minimum Gasteiger partial charge on any atom is -0.497 e. The van der Waals surface area contributed by atoms with Gasteiger partial charge in [0.1, 0.15) is 17.6 Å². The summed E-state index contributed by atoms with van der Waals surface area (Å²) in [7, 11) is 1.60. The van der Waals surface area contributed by atoms with Crippen LogP contribution in [0.2, 0.25) is 0 Å². The number of likely N-dealkylation sites (N-methyl/N-ethyl adjacent to an activating group) is 1. The Morgan fingerprint density at radius 2 is 1.69 bits per heavy atom. The highest BCUT2D eigenvalue weighted by molar-refractivity contribution is 7.99. The van der Waals surface area contributed by atoms with E-state index in [0.717, 1.165) is 16.7 Å². The summed E-state index contributed by atoms with van der Waals surface area (Å²) in [5.41, 5.74) is 2.79. The normalized spacial score (nSPS) is 11.5. The number of ether oxygens (including phenoxy) is 1. The number of nitrogens with zero attached hydrogens (tertiary/aromatic N) is 1. The van der Waals surface area contributed by atoms with E-state index < -0.39 is 6.04 Å². The first kappa shape index (κ1) is 26.3. The fourth-order valence-corrected chi connectivity index (χ4v) is 4.60. The van der Waals surface area contributed by atoms with Gasteiger partial charge >= 0.3 is 0 Å². The number of rotatable bonds is 12. The molecule has 1 atom stereocenters. The summed E-state index contributed by atoms with van der Waals surface area (Å²) in [6, 6.07) is 22.8. The van der Waals surface area contributed by atoms with Crippen molar-refractivity contribution in [2.45, 2.75) is 31.7 Å². The molecule has 0 spiro atoms. The zero-order valence-electron chi connectivity index (χ0n) is 20.1. The molecule has 1 N–H and O–H groups in total. The number of methoxy groups -OCH3 is 1. The SMILES string of the molecule is CCNC(=O)C(Cc1ccccc1)N(Cc1cccc(OC)c1)C(=O)CSCc1ccc(F)cc1. The number of benzene rings is 3. The van der Waals surface area contributed by atoms with Gasteiger partial charge in [0, 0.05) is 25.3 Å². The molecule has 7 heteroatoms. The van der Waals surface area contributed by atoms with E-state index in [0.29, 0.717) is 24.5 Å². The minimum absolute atomic E-state index is 0.132. The lowest BCUT2D eigenvalue weighted by Gasteiger charge is -2.31. The number of amides is 2. The van der Waals surface area contributed by atoms with Crippen LogP contribution in [0.1, 0.15) is 23.6 Å². The van der Waals surface area contributed by atoms with Crippen LogP contribution in [-0.4, -0.2) is 42.2 Å². The topological polar surface area (TPSA) is 58.6 Å². The number of hydrogen-bond acceptors (Lipinski definition) is 4. The van der Waals surface area contributed by atoms with Crippen molar-refractivity contribution in [2.24, 2.45) is 0 Å². The standard InChI is InChI=1S/C28H31FN2O3S/c1-3-30-28(33)26(17-21-8-5-4-6-9-21)31(18-23-10-7-11-25(16-23)34-2)27(32)20-35-19-22-12-14-24(29)15-13-22/h4-16,26H,3,17-20H2,1-2H3,(H,30,33). The number of carbonyl (C=O) groups excluding carboxylic acids is 2. The van der Waals surface area contributed by atoms with Crippen molar-refractivity contribution in [3.05, 3.63) is 101 Å². The van der Waals surface area contributed by atoms with Crippen LogP contribution in [0.3, 0.4) is 0 Å². The van der Waals surface area contributed by atoms with Gasteiger partial charge in [0.05, 0.1) is 12.9 Å². The van der Waals surface area contributed by atoms with Gasteiger partial charge in [0.2, 0.25) is 11.8 Å². The predicted molar refractivity (Wildman–Crippen MR) is 139 cm³/mol. The maximum Gasteiger partial charge on any atom is 0.243 e. The van der Waals surface area contributed by atoms with Crippen molar-refractivity contribution in [2.75, 3.05) is 19.4 Å². The molecular weight excluding hydrogens is 463 g/mol. The summed E-state index contributed by atoms with van der Waals surface area (Å²) in [6.07, 6.45) is 0.408. The van der Waals surface area contributed by atoms with Crippen molar-refractivity contribution in [1.29, 1.82) is 0 Å². The van der Waals surface area contributed by atoms with E-state index in [1.54, 1.807) is 24.1 Å². The van der Waals surface area contributed by atoms with E-state index in [1.165, 1.54) is 23.9 Å². The maximum absolute atomic E-state index is 13.5. The lowest BCUT2D eigenvalue weighted by atomic mass is 10.0. The largest absolute Gasteiger partial charge is 0.497 e. The Morgan fingerprint density at radius 1 is 0.971 bits per heavy atom.